The number of hydrogen-bond donors (Lipinski definition) is 0. The molecule has 0 saturated carbocycles. The molecule has 0 fully saturated rings. The normalized spacial score (nSPS) is 10.8. The summed E-state index contributed by atoms with van der Waals surface area (Å²) in [6.45, 7) is 1.30. The van der Waals surface area contributed by atoms with E-state index in [1.165, 1.54) is 24.9 Å². The molecular weight excluding hydrogens is 281 g/mol. The van der Waals surface area contributed by atoms with Crippen molar-refractivity contribution in [2.75, 3.05) is 20.8 Å². The number of rotatable bonds is 7. The number of hydrogen-bond acceptors (Lipinski definition) is 5. The highest BCUT2D eigenvalue weighted by atomic mass is 32.2. The van der Waals surface area contributed by atoms with Gasteiger partial charge in [0.1, 0.15) is 6.33 Å². The van der Waals surface area contributed by atoms with Gasteiger partial charge in [-0.2, -0.15) is 0 Å². The fraction of sp³-hybridized carbons (Fsp3) is 0.385. The maximum Gasteiger partial charge on any atom is 0.191 e. The molecule has 20 heavy (non-hydrogen) atoms. The molecular formula is C13H16FN3O2S. The number of thioether (sulfide) groups is 1. The second-order valence-corrected chi connectivity index (χ2v) is 5.00. The van der Waals surface area contributed by atoms with Crippen molar-refractivity contribution in [3.8, 4) is 5.75 Å². The summed E-state index contributed by atoms with van der Waals surface area (Å²) in [6.07, 6.45) is 1.66. The highest BCUT2D eigenvalue weighted by Crippen LogP contribution is 2.24. The van der Waals surface area contributed by atoms with Crippen molar-refractivity contribution in [1.82, 2.24) is 14.8 Å². The summed E-state index contributed by atoms with van der Waals surface area (Å²) >= 11 is 1.51. The smallest absolute Gasteiger partial charge is 0.191 e. The number of halogens is 1. The first-order valence-electron chi connectivity index (χ1n) is 6.06. The van der Waals surface area contributed by atoms with Crippen LogP contribution < -0.4 is 4.74 Å². The van der Waals surface area contributed by atoms with Gasteiger partial charge in [-0.05, 0) is 17.7 Å². The second kappa shape index (κ2) is 7.25. The van der Waals surface area contributed by atoms with Crippen LogP contribution in [0.25, 0.3) is 0 Å². The first-order chi connectivity index (χ1) is 9.74. The van der Waals surface area contributed by atoms with Crippen LogP contribution >= 0.6 is 11.8 Å². The van der Waals surface area contributed by atoms with Gasteiger partial charge >= 0.3 is 0 Å². The number of nitrogens with zero attached hydrogens (tertiary/aromatic N) is 3. The van der Waals surface area contributed by atoms with Crippen LogP contribution in [0.4, 0.5) is 4.39 Å². The van der Waals surface area contributed by atoms with Gasteiger partial charge in [0.25, 0.3) is 0 Å². The van der Waals surface area contributed by atoms with E-state index in [0.717, 1.165) is 10.7 Å². The van der Waals surface area contributed by atoms with E-state index in [9.17, 15) is 4.39 Å². The van der Waals surface area contributed by atoms with Crippen LogP contribution in [0, 0.1) is 5.82 Å². The predicted molar refractivity (Wildman–Crippen MR) is 74.4 cm³/mol. The molecule has 0 aliphatic heterocycles. The van der Waals surface area contributed by atoms with Gasteiger partial charge in [-0.15, -0.1) is 10.2 Å². The van der Waals surface area contributed by atoms with Crippen molar-refractivity contribution in [2.24, 2.45) is 0 Å². The fourth-order valence-corrected chi connectivity index (χ4v) is 2.53. The van der Waals surface area contributed by atoms with Gasteiger partial charge in [-0.25, -0.2) is 4.39 Å². The van der Waals surface area contributed by atoms with E-state index in [0.29, 0.717) is 18.9 Å². The zero-order valence-corrected chi connectivity index (χ0v) is 12.2. The summed E-state index contributed by atoms with van der Waals surface area (Å²) in [5.74, 6) is 0.514. The van der Waals surface area contributed by atoms with E-state index < -0.39 is 0 Å². The van der Waals surface area contributed by atoms with E-state index in [1.54, 1.807) is 19.5 Å². The largest absolute Gasteiger partial charge is 0.494 e. The van der Waals surface area contributed by atoms with Crippen LogP contribution in [0.3, 0.4) is 0 Å². The molecule has 0 N–H and O–H groups in total. The third-order valence-electron chi connectivity index (χ3n) is 2.70. The summed E-state index contributed by atoms with van der Waals surface area (Å²) in [6, 6.07) is 4.94. The molecule has 0 spiro atoms. The van der Waals surface area contributed by atoms with Gasteiger partial charge in [-0.1, -0.05) is 17.8 Å². The lowest BCUT2D eigenvalue weighted by atomic mass is 10.2. The molecule has 0 unspecified atom stereocenters. The van der Waals surface area contributed by atoms with Crippen molar-refractivity contribution in [2.45, 2.75) is 17.5 Å². The van der Waals surface area contributed by atoms with Crippen LogP contribution in [-0.4, -0.2) is 35.6 Å². The first kappa shape index (κ1) is 14.8. The maximum atomic E-state index is 13.6. The second-order valence-electron chi connectivity index (χ2n) is 4.06. The first-order valence-corrected chi connectivity index (χ1v) is 7.05. The minimum atomic E-state index is -0.355. The molecule has 0 amide bonds. The standard InChI is InChI=1S/C13H16FN3O2S/c1-18-6-5-17-9-15-16-13(17)20-8-10-3-4-12(19-2)11(14)7-10/h3-4,7,9H,5-6,8H2,1-2H3. The van der Waals surface area contributed by atoms with Crippen molar-refractivity contribution in [1.29, 1.82) is 0 Å². The monoisotopic (exact) mass is 297 g/mol. The summed E-state index contributed by atoms with van der Waals surface area (Å²) in [7, 11) is 3.10. The average molecular weight is 297 g/mol. The van der Waals surface area contributed by atoms with Gasteiger partial charge in [0.15, 0.2) is 16.7 Å². The van der Waals surface area contributed by atoms with Crippen molar-refractivity contribution >= 4 is 11.8 Å². The molecule has 0 atom stereocenters. The lowest BCUT2D eigenvalue weighted by molar-refractivity contribution is 0.184. The van der Waals surface area contributed by atoms with Crippen LogP contribution in [-0.2, 0) is 17.0 Å². The van der Waals surface area contributed by atoms with Crippen molar-refractivity contribution < 1.29 is 13.9 Å². The minimum Gasteiger partial charge on any atom is -0.494 e. The number of aromatic nitrogens is 3. The Balaban J connectivity index is 1.98. The molecule has 5 nitrogen and oxygen atoms in total. The predicted octanol–water partition coefficient (Wildman–Crippen LogP) is 2.36. The average Bonchev–Trinajstić information content (AvgIpc) is 2.90. The Kier molecular flexibility index (Phi) is 5.37. The summed E-state index contributed by atoms with van der Waals surface area (Å²) < 4.78 is 25.4. The molecule has 0 aliphatic rings. The van der Waals surface area contributed by atoms with Gasteiger partial charge in [0, 0.05) is 19.4 Å². The molecule has 1 aromatic carbocycles. The van der Waals surface area contributed by atoms with E-state index in [2.05, 4.69) is 10.2 Å². The highest BCUT2D eigenvalue weighted by Gasteiger charge is 2.07. The molecule has 0 aliphatic carbocycles. The Morgan fingerprint density at radius 1 is 1.35 bits per heavy atom. The van der Waals surface area contributed by atoms with Crippen molar-refractivity contribution in [3.63, 3.8) is 0 Å². The van der Waals surface area contributed by atoms with Gasteiger partial charge in [-0.3, -0.25) is 0 Å². The SMILES string of the molecule is COCCn1cnnc1SCc1ccc(OC)c(F)c1. The van der Waals surface area contributed by atoms with Gasteiger partial charge in [0.05, 0.1) is 13.7 Å². The van der Waals surface area contributed by atoms with E-state index in [-0.39, 0.29) is 11.6 Å². The molecule has 1 heterocycles. The quantitative estimate of drug-likeness (QED) is 0.734. The lowest BCUT2D eigenvalue weighted by Crippen LogP contribution is -2.04. The molecule has 7 heteroatoms. The Hall–Kier alpha value is -1.60. The van der Waals surface area contributed by atoms with Gasteiger partial charge in [0.2, 0.25) is 0 Å². The zero-order chi connectivity index (χ0) is 14.4. The summed E-state index contributed by atoms with van der Waals surface area (Å²) in [4.78, 5) is 0. The van der Waals surface area contributed by atoms with Crippen LogP contribution in [0.5, 0.6) is 5.75 Å². The van der Waals surface area contributed by atoms with Crippen LogP contribution in [0.1, 0.15) is 5.56 Å². The number of ether oxygens (including phenoxy) is 2. The molecule has 1 aromatic heterocycles. The highest BCUT2D eigenvalue weighted by molar-refractivity contribution is 7.98. The van der Waals surface area contributed by atoms with E-state index in [4.69, 9.17) is 9.47 Å². The number of methoxy groups -OCH3 is 2. The Morgan fingerprint density at radius 2 is 2.20 bits per heavy atom. The molecule has 0 saturated heterocycles. The number of benzene rings is 1. The van der Waals surface area contributed by atoms with Gasteiger partial charge < -0.3 is 14.0 Å². The third kappa shape index (κ3) is 3.71. The van der Waals surface area contributed by atoms with E-state index >= 15 is 0 Å². The Labute approximate surface area is 121 Å². The molecule has 2 aromatic rings. The van der Waals surface area contributed by atoms with E-state index in [1.807, 2.05) is 10.6 Å². The molecule has 2 rings (SSSR count). The van der Waals surface area contributed by atoms with Crippen molar-refractivity contribution in [3.05, 3.63) is 35.9 Å². The van der Waals surface area contributed by atoms with Crippen LogP contribution in [0.2, 0.25) is 0 Å². The summed E-state index contributed by atoms with van der Waals surface area (Å²) in [5, 5.41) is 8.71. The zero-order valence-electron chi connectivity index (χ0n) is 11.4. The third-order valence-corrected chi connectivity index (χ3v) is 3.75. The lowest BCUT2D eigenvalue weighted by Gasteiger charge is -2.06. The van der Waals surface area contributed by atoms with Crippen LogP contribution in [0.15, 0.2) is 29.7 Å². The minimum absolute atomic E-state index is 0.252. The Bertz CT molecular complexity index is 562. The molecule has 0 bridgehead atoms. The topological polar surface area (TPSA) is 49.2 Å². The summed E-state index contributed by atoms with van der Waals surface area (Å²) in [5.41, 5.74) is 0.870. The fourth-order valence-electron chi connectivity index (χ4n) is 1.65. The maximum absolute atomic E-state index is 13.6. The Morgan fingerprint density at radius 3 is 2.90 bits per heavy atom. The molecule has 108 valence electrons. The molecule has 0 radical (unpaired) electrons.